The van der Waals surface area contributed by atoms with Gasteiger partial charge in [0.2, 0.25) is 0 Å². The predicted molar refractivity (Wildman–Crippen MR) is 135 cm³/mol. The highest BCUT2D eigenvalue weighted by atomic mass is 35.5. The van der Waals surface area contributed by atoms with E-state index >= 15 is 0 Å². The number of nitrogens with one attached hydrogen (secondary N) is 2. The van der Waals surface area contributed by atoms with Crippen molar-refractivity contribution in [2.75, 3.05) is 24.7 Å². The van der Waals surface area contributed by atoms with E-state index in [0.717, 1.165) is 11.1 Å². The monoisotopic (exact) mass is 497 g/mol. The number of hydrogen-bond donors (Lipinski definition) is 3. The minimum atomic E-state index is -0.711. The van der Waals surface area contributed by atoms with E-state index < -0.39 is 5.41 Å². The van der Waals surface area contributed by atoms with Crippen molar-refractivity contribution < 1.29 is 14.3 Å². The third-order valence-electron chi connectivity index (χ3n) is 6.23. The summed E-state index contributed by atoms with van der Waals surface area (Å²) in [6.45, 7) is 1.23. The molecule has 0 heterocycles. The molecule has 2 atom stereocenters. The summed E-state index contributed by atoms with van der Waals surface area (Å²) in [6, 6.07) is 19.8. The highest BCUT2D eigenvalue weighted by Gasteiger charge is 2.61. The van der Waals surface area contributed by atoms with Gasteiger partial charge < -0.3 is 21.1 Å². The summed E-state index contributed by atoms with van der Waals surface area (Å²) < 4.78 is 5.09. The number of nitrogens with two attached hydrogens (primary N) is 1. The van der Waals surface area contributed by atoms with Crippen molar-refractivity contribution in [3.8, 4) is 0 Å². The molecule has 4 rings (SSSR count). The Morgan fingerprint density at radius 3 is 2.47 bits per heavy atom. The average Bonchev–Trinajstić information content (AvgIpc) is 3.57. The maximum Gasteiger partial charge on any atom is 0.316 e. The molecular formula is C26H25Cl2N3O3. The molecule has 8 heteroatoms. The maximum absolute atomic E-state index is 12.6. The van der Waals surface area contributed by atoms with E-state index in [9.17, 15) is 9.59 Å². The van der Waals surface area contributed by atoms with Crippen LogP contribution < -0.4 is 16.4 Å². The van der Waals surface area contributed by atoms with Crippen LogP contribution in [-0.2, 0) is 21.5 Å². The molecule has 0 unspecified atom stereocenters. The Kier molecular flexibility index (Phi) is 7.12. The Balaban J connectivity index is 1.34. The topological polar surface area (TPSA) is 93.4 Å². The van der Waals surface area contributed by atoms with Crippen LogP contribution in [0.5, 0.6) is 0 Å². The molecule has 1 saturated carbocycles. The molecule has 34 heavy (non-hydrogen) atoms. The molecular weight excluding hydrogens is 473 g/mol. The van der Waals surface area contributed by atoms with Crippen LogP contribution in [0.3, 0.4) is 0 Å². The lowest BCUT2D eigenvalue weighted by molar-refractivity contribution is -0.144. The van der Waals surface area contributed by atoms with E-state index in [4.69, 9.17) is 33.7 Å². The normalized spacial score (nSPS) is 18.9. The highest BCUT2D eigenvalue weighted by Crippen LogP contribution is 2.55. The third kappa shape index (κ3) is 4.89. The summed E-state index contributed by atoms with van der Waals surface area (Å²) in [4.78, 5) is 25.1. The van der Waals surface area contributed by atoms with Gasteiger partial charge >= 0.3 is 5.97 Å². The number of esters is 1. The number of hydrogen-bond acceptors (Lipinski definition) is 5. The summed E-state index contributed by atoms with van der Waals surface area (Å²) in [5.74, 6) is -0.412. The van der Waals surface area contributed by atoms with Crippen molar-refractivity contribution in [1.82, 2.24) is 5.32 Å². The van der Waals surface area contributed by atoms with Crippen LogP contribution in [0.25, 0.3) is 0 Å². The molecule has 1 amide bonds. The second kappa shape index (κ2) is 10.1. The molecule has 1 aliphatic carbocycles. The zero-order valence-corrected chi connectivity index (χ0v) is 20.1. The number of para-hydroxylation sites is 2. The number of methoxy groups -OCH3 is 1. The molecule has 0 spiro atoms. The van der Waals surface area contributed by atoms with E-state index in [1.807, 2.05) is 30.3 Å². The zero-order chi connectivity index (χ0) is 24.3. The number of halogens is 2. The minimum Gasteiger partial charge on any atom is -0.468 e. The van der Waals surface area contributed by atoms with E-state index in [1.165, 1.54) is 7.11 Å². The summed E-state index contributed by atoms with van der Waals surface area (Å²) in [5, 5.41) is 7.09. The molecule has 3 aromatic rings. The average molecular weight is 498 g/mol. The molecule has 0 bridgehead atoms. The van der Waals surface area contributed by atoms with Gasteiger partial charge in [-0.3, -0.25) is 9.59 Å². The van der Waals surface area contributed by atoms with Gasteiger partial charge in [0.25, 0.3) is 5.91 Å². The fourth-order valence-corrected chi connectivity index (χ4v) is 4.52. The first kappa shape index (κ1) is 24.1. The lowest BCUT2D eigenvalue weighted by atomic mass is 9.93. The zero-order valence-electron chi connectivity index (χ0n) is 18.6. The van der Waals surface area contributed by atoms with Gasteiger partial charge in [-0.1, -0.05) is 53.5 Å². The van der Waals surface area contributed by atoms with E-state index in [0.29, 0.717) is 46.5 Å². The molecule has 0 radical (unpaired) electrons. The van der Waals surface area contributed by atoms with Crippen LogP contribution in [0.2, 0.25) is 10.0 Å². The van der Waals surface area contributed by atoms with Crippen LogP contribution in [-0.4, -0.2) is 25.5 Å². The summed E-state index contributed by atoms with van der Waals surface area (Å²) in [7, 11) is 1.40. The van der Waals surface area contributed by atoms with E-state index in [1.54, 1.807) is 36.4 Å². The van der Waals surface area contributed by atoms with Gasteiger partial charge in [0.05, 0.1) is 33.9 Å². The van der Waals surface area contributed by atoms with Crippen LogP contribution >= 0.6 is 23.2 Å². The van der Waals surface area contributed by atoms with Crippen molar-refractivity contribution >= 4 is 46.5 Å². The summed E-state index contributed by atoms with van der Waals surface area (Å²) >= 11 is 12.2. The minimum absolute atomic E-state index is 0.0820. The first-order valence-corrected chi connectivity index (χ1v) is 11.6. The number of ether oxygens (including phenoxy) is 1. The Labute approximate surface area is 208 Å². The summed E-state index contributed by atoms with van der Waals surface area (Å²) in [5.41, 5.74) is 8.65. The second-order valence-electron chi connectivity index (χ2n) is 8.36. The quantitative estimate of drug-likeness (QED) is 0.299. The number of rotatable bonds is 8. The van der Waals surface area contributed by atoms with E-state index in [-0.39, 0.29) is 17.8 Å². The Bertz CT molecular complexity index is 1220. The largest absolute Gasteiger partial charge is 0.468 e. The standard InChI is InChI=1S/C26H25Cl2N3O3/c1-34-25(33)26(18-10-11-20(27)21(28)12-18)13-19(26)15-30-14-16-6-8-17(9-7-16)24(32)31-23-5-3-2-4-22(23)29/h2-12,19,30H,13-15,29H2,1H3,(H,31,32)/t19-,26-/m0/s1. The molecule has 3 aromatic carbocycles. The predicted octanol–water partition coefficient (Wildman–Crippen LogP) is 5.05. The van der Waals surface area contributed by atoms with Crippen molar-refractivity contribution in [1.29, 1.82) is 0 Å². The smallest absolute Gasteiger partial charge is 0.316 e. The van der Waals surface area contributed by atoms with Crippen molar-refractivity contribution in [2.24, 2.45) is 5.92 Å². The fraction of sp³-hybridized carbons (Fsp3) is 0.231. The SMILES string of the molecule is COC(=O)[C@]1(c2ccc(Cl)c(Cl)c2)C[C@H]1CNCc1ccc(C(=O)Nc2ccccc2N)cc1. The molecule has 0 saturated heterocycles. The van der Waals surface area contributed by atoms with Crippen molar-refractivity contribution in [3.63, 3.8) is 0 Å². The Hall–Kier alpha value is -3.06. The first-order chi connectivity index (χ1) is 16.3. The van der Waals surface area contributed by atoms with Gasteiger partial charge in [0, 0.05) is 12.1 Å². The number of amides is 1. The molecule has 1 fully saturated rings. The third-order valence-corrected chi connectivity index (χ3v) is 6.97. The summed E-state index contributed by atoms with van der Waals surface area (Å²) in [6.07, 6.45) is 0.673. The Morgan fingerprint density at radius 2 is 1.79 bits per heavy atom. The van der Waals surface area contributed by atoms with Crippen LogP contribution in [0.1, 0.15) is 27.9 Å². The van der Waals surface area contributed by atoms with Gasteiger partial charge in [0.15, 0.2) is 0 Å². The van der Waals surface area contributed by atoms with Crippen molar-refractivity contribution in [2.45, 2.75) is 18.4 Å². The van der Waals surface area contributed by atoms with Crippen molar-refractivity contribution in [3.05, 3.63) is 93.5 Å². The number of benzene rings is 3. The molecule has 1 aliphatic rings. The van der Waals surface area contributed by atoms with Gasteiger partial charge in [0.1, 0.15) is 0 Å². The number of nitrogen functional groups attached to an aromatic ring is 1. The Morgan fingerprint density at radius 1 is 1.06 bits per heavy atom. The maximum atomic E-state index is 12.6. The molecule has 0 aliphatic heterocycles. The number of carbonyl (C=O) groups excluding carboxylic acids is 2. The highest BCUT2D eigenvalue weighted by molar-refractivity contribution is 6.42. The molecule has 6 nitrogen and oxygen atoms in total. The molecule has 176 valence electrons. The first-order valence-electron chi connectivity index (χ1n) is 10.8. The van der Waals surface area contributed by atoms with E-state index in [2.05, 4.69) is 10.6 Å². The van der Waals surface area contributed by atoms with Gasteiger partial charge in [-0.2, -0.15) is 0 Å². The lowest BCUT2D eigenvalue weighted by Crippen LogP contribution is -2.28. The number of anilines is 2. The number of carbonyl (C=O) groups is 2. The van der Waals surface area contributed by atoms with Crippen LogP contribution in [0, 0.1) is 5.92 Å². The molecule has 4 N–H and O–H groups in total. The van der Waals surface area contributed by atoms with Gasteiger partial charge in [-0.25, -0.2) is 0 Å². The van der Waals surface area contributed by atoms with Crippen LogP contribution in [0.15, 0.2) is 66.7 Å². The lowest BCUT2D eigenvalue weighted by Gasteiger charge is -2.17. The molecule has 0 aromatic heterocycles. The van der Waals surface area contributed by atoms with Crippen LogP contribution in [0.4, 0.5) is 11.4 Å². The van der Waals surface area contributed by atoms with Gasteiger partial charge in [-0.05, 0) is 66.4 Å². The van der Waals surface area contributed by atoms with Gasteiger partial charge in [-0.15, -0.1) is 0 Å². The fourth-order valence-electron chi connectivity index (χ4n) is 4.22. The second-order valence-corrected chi connectivity index (χ2v) is 9.18.